The molecular weight excluding hydrogens is 328 g/mol. The maximum atomic E-state index is 12.9. The second-order valence-corrected chi connectivity index (χ2v) is 6.28. The molecule has 1 fully saturated rings. The molecule has 1 atom stereocenters. The molecule has 0 bridgehead atoms. The summed E-state index contributed by atoms with van der Waals surface area (Å²) in [6.45, 7) is 2.18. The summed E-state index contributed by atoms with van der Waals surface area (Å²) in [4.78, 5) is 23.5. The van der Waals surface area contributed by atoms with Gasteiger partial charge in [-0.3, -0.25) is 9.78 Å². The highest BCUT2D eigenvalue weighted by atomic mass is 16.3. The zero-order chi connectivity index (χ0) is 17.8. The van der Waals surface area contributed by atoms with E-state index in [4.69, 9.17) is 4.42 Å². The van der Waals surface area contributed by atoms with Crippen LogP contribution in [0.15, 0.2) is 65.5 Å². The van der Waals surface area contributed by atoms with Crippen LogP contribution in [0.4, 0.5) is 0 Å². The van der Waals surface area contributed by atoms with Crippen LogP contribution in [0.2, 0.25) is 0 Å². The first-order chi connectivity index (χ1) is 12.8. The Hall–Kier alpha value is -2.99. The SMILES string of the molecule is O=C(Cc1coc(-c2ccccc2)n1)N1CCNCC1c1cccnc1. The monoisotopic (exact) mass is 348 g/mol. The molecule has 0 aliphatic carbocycles. The number of carbonyl (C=O) groups excluding carboxylic acids is 1. The molecule has 1 amide bonds. The average molecular weight is 348 g/mol. The number of pyridine rings is 1. The van der Waals surface area contributed by atoms with E-state index in [2.05, 4.69) is 15.3 Å². The standard InChI is InChI=1S/C20H20N4O2/c25-19(11-17-14-26-20(23-17)15-5-2-1-3-6-15)24-10-9-22-13-18(24)16-7-4-8-21-12-16/h1-8,12,14,18,22H,9-11,13H2. The minimum absolute atomic E-state index is 0.00885. The van der Waals surface area contributed by atoms with Gasteiger partial charge in [-0.15, -0.1) is 0 Å². The highest BCUT2D eigenvalue weighted by molar-refractivity contribution is 5.79. The van der Waals surface area contributed by atoms with E-state index in [1.165, 1.54) is 0 Å². The molecule has 1 aliphatic rings. The Kier molecular flexibility index (Phi) is 4.75. The number of nitrogens with zero attached hydrogens (tertiary/aromatic N) is 3. The summed E-state index contributed by atoms with van der Waals surface area (Å²) in [6, 6.07) is 13.6. The average Bonchev–Trinajstić information content (AvgIpc) is 3.18. The number of amides is 1. The summed E-state index contributed by atoms with van der Waals surface area (Å²) in [6.07, 6.45) is 5.36. The van der Waals surface area contributed by atoms with E-state index in [0.717, 1.165) is 24.2 Å². The minimum Gasteiger partial charge on any atom is -0.444 e. The third-order valence-electron chi connectivity index (χ3n) is 4.54. The fraction of sp³-hybridized carbons (Fsp3) is 0.250. The van der Waals surface area contributed by atoms with Crippen LogP contribution in [0.1, 0.15) is 17.3 Å². The van der Waals surface area contributed by atoms with Crippen LogP contribution in [0.25, 0.3) is 11.5 Å². The number of carbonyl (C=O) groups is 1. The Morgan fingerprint density at radius 1 is 1.23 bits per heavy atom. The molecule has 6 nitrogen and oxygen atoms in total. The molecule has 0 radical (unpaired) electrons. The van der Waals surface area contributed by atoms with Crippen molar-refractivity contribution in [1.29, 1.82) is 0 Å². The van der Waals surface area contributed by atoms with Gasteiger partial charge in [-0.05, 0) is 23.8 Å². The summed E-state index contributed by atoms with van der Waals surface area (Å²) >= 11 is 0. The van der Waals surface area contributed by atoms with Gasteiger partial charge in [0, 0.05) is 37.6 Å². The van der Waals surface area contributed by atoms with Gasteiger partial charge in [-0.1, -0.05) is 24.3 Å². The smallest absolute Gasteiger partial charge is 0.229 e. The largest absolute Gasteiger partial charge is 0.444 e. The van der Waals surface area contributed by atoms with Crippen molar-refractivity contribution in [2.75, 3.05) is 19.6 Å². The van der Waals surface area contributed by atoms with Gasteiger partial charge in [0.15, 0.2) is 0 Å². The van der Waals surface area contributed by atoms with Gasteiger partial charge in [0.2, 0.25) is 11.8 Å². The molecule has 0 spiro atoms. The number of hydrogen-bond acceptors (Lipinski definition) is 5. The quantitative estimate of drug-likeness (QED) is 0.784. The molecule has 0 saturated carbocycles. The minimum atomic E-state index is -0.00885. The van der Waals surface area contributed by atoms with Gasteiger partial charge in [0.25, 0.3) is 0 Å². The summed E-state index contributed by atoms with van der Waals surface area (Å²) in [5.41, 5.74) is 2.59. The summed E-state index contributed by atoms with van der Waals surface area (Å²) in [7, 11) is 0. The lowest BCUT2D eigenvalue weighted by Crippen LogP contribution is -2.49. The first-order valence-electron chi connectivity index (χ1n) is 8.71. The van der Waals surface area contributed by atoms with Crippen molar-refractivity contribution in [3.8, 4) is 11.5 Å². The van der Waals surface area contributed by atoms with Crippen molar-refractivity contribution in [1.82, 2.24) is 20.2 Å². The predicted octanol–water partition coefficient (Wildman–Crippen LogP) is 2.45. The van der Waals surface area contributed by atoms with E-state index < -0.39 is 0 Å². The Morgan fingerprint density at radius 2 is 2.12 bits per heavy atom. The molecule has 3 aromatic rings. The summed E-state index contributed by atoms with van der Waals surface area (Å²) < 4.78 is 5.55. The lowest BCUT2D eigenvalue weighted by atomic mass is 10.0. The normalized spacial score (nSPS) is 17.2. The molecule has 1 N–H and O–H groups in total. The maximum absolute atomic E-state index is 12.9. The molecule has 4 rings (SSSR count). The molecule has 1 unspecified atom stereocenters. The molecule has 132 valence electrons. The van der Waals surface area contributed by atoms with Crippen molar-refractivity contribution in [3.05, 3.63) is 72.4 Å². The van der Waals surface area contributed by atoms with Crippen molar-refractivity contribution >= 4 is 5.91 Å². The van der Waals surface area contributed by atoms with Gasteiger partial charge in [0.1, 0.15) is 6.26 Å². The van der Waals surface area contributed by atoms with Gasteiger partial charge < -0.3 is 14.6 Å². The Bertz CT molecular complexity index is 864. The van der Waals surface area contributed by atoms with Crippen LogP contribution in [0, 0.1) is 0 Å². The fourth-order valence-corrected chi connectivity index (χ4v) is 3.23. The maximum Gasteiger partial charge on any atom is 0.229 e. The van der Waals surface area contributed by atoms with E-state index in [9.17, 15) is 4.79 Å². The van der Waals surface area contributed by atoms with E-state index in [1.807, 2.05) is 53.6 Å². The van der Waals surface area contributed by atoms with Crippen LogP contribution in [0.3, 0.4) is 0 Å². The topological polar surface area (TPSA) is 71.3 Å². The highest BCUT2D eigenvalue weighted by Crippen LogP contribution is 2.23. The fourth-order valence-electron chi connectivity index (χ4n) is 3.23. The molecule has 1 saturated heterocycles. The molecule has 1 aliphatic heterocycles. The number of hydrogen-bond donors (Lipinski definition) is 1. The van der Waals surface area contributed by atoms with Crippen molar-refractivity contribution in [3.63, 3.8) is 0 Å². The van der Waals surface area contributed by atoms with Gasteiger partial charge >= 0.3 is 0 Å². The first kappa shape index (κ1) is 16.5. The Labute approximate surface area is 151 Å². The van der Waals surface area contributed by atoms with E-state index in [-0.39, 0.29) is 18.4 Å². The van der Waals surface area contributed by atoms with Crippen LogP contribution in [-0.4, -0.2) is 40.4 Å². The predicted molar refractivity (Wildman–Crippen MR) is 97.2 cm³/mol. The molecule has 26 heavy (non-hydrogen) atoms. The van der Waals surface area contributed by atoms with Crippen molar-refractivity contribution in [2.45, 2.75) is 12.5 Å². The van der Waals surface area contributed by atoms with Crippen molar-refractivity contribution in [2.24, 2.45) is 0 Å². The lowest BCUT2D eigenvalue weighted by molar-refractivity contribution is -0.133. The third-order valence-corrected chi connectivity index (χ3v) is 4.54. The molecule has 3 heterocycles. The number of piperazine rings is 1. The van der Waals surface area contributed by atoms with Crippen molar-refractivity contribution < 1.29 is 9.21 Å². The first-order valence-corrected chi connectivity index (χ1v) is 8.71. The van der Waals surface area contributed by atoms with E-state index in [0.29, 0.717) is 18.1 Å². The number of benzene rings is 1. The highest BCUT2D eigenvalue weighted by Gasteiger charge is 2.28. The van der Waals surface area contributed by atoms with E-state index in [1.54, 1.807) is 12.5 Å². The number of rotatable bonds is 4. The second-order valence-electron chi connectivity index (χ2n) is 6.28. The lowest BCUT2D eigenvalue weighted by Gasteiger charge is -2.36. The summed E-state index contributed by atoms with van der Waals surface area (Å²) in [5, 5.41) is 3.35. The number of oxazole rings is 1. The number of aromatic nitrogens is 2. The van der Waals surface area contributed by atoms with Gasteiger partial charge in [-0.25, -0.2) is 4.98 Å². The molecule has 1 aromatic carbocycles. The third kappa shape index (κ3) is 3.50. The van der Waals surface area contributed by atoms with Crippen LogP contribution >= 0.6 is 0 Å². The summed E-state index contributed by atoms with van der Waals surface area (Å²) in [5.74, 6) is 0.589. The zero-order valence-electron chi connectivity index (χ0n) is 14.3. The Balaban J connectivity index is 1.49. The zero-order valence-corrected chi connectivity index (χ0v) is 14.3. The van der Waals surface area contributed by atoms with Gasteiger partial charge in [-0.2, -0.15) is 0 Å². The second kappa shape index (κ2) is 7.49. The Morgan fingerprint density at radius 3 is 2.92 bits per heavy atom. The molecule has 2 aromatic heterocycles. The van der Waals surface area contributed by atoms with Crippen LogP contribution in [-0.2, 0) is 11.2 Å². The van der Waals surface area contributed by atoms with Crippen LogP contribution in [0.5, 0.6) is 0 Å². The van der Waals surface area contributed by atoms with E-state index >= 15 is 0 Å². The number of nitrogens with one attached hydrogen (secondary N) is 1. The van der Waals surface area contributed by atoms with Gasteiger partial charge in [0.05, 0.1) is 18.2 Å². The van der Waals surface area contributed by atoms with Crippen LogP contribution < -0.4 is 5.32 Å². The molecular formula is C20H20N4O2. The molecule has 6 heteroatoms.